The van der Waals surface area contributed by atoms with Crippen molar-refractivity contribution in [3.8, 4) is 0 Å². The van der Waals surface area contributed by atoms with Crippen LogP contribution in [-0.2, 0) is 9.53 Å². The lowest BCUT2D eigenvalue weighted by atomic mass is 10.0. The van der Waals surface area contributed by atoms with E-state index in [1.165, 1.54) is 19.4 Å². The molecule has 1 aromatic carbocycles. The zero-order chi connectivity index (χ0) is 19.1. The predicted molar refractivity (Wildman–Crippen MR) is 95.8 cm³/mol. The maximum atomic E-state index is 12.5. The normalized spacial score (nSPS) is 11.7. The zero-order valence-corrected chi connectivity index (χ0v) is 14.9. The molecule has 0 aliphatic carbocycles. The van der Waals surface area contributed by atoms with Crippen molar-refractivity contribution in [1.29, 1.82) is 0 Å². The highest BCUT2D eigenvalue weighted by Gasteiger charge is 2.23. The SMILES string of the molecule is COC(=O)C(CC(C)C)NC(=O)c1cccc(NC(=O)c2ccco2)c1. The molecule has 2 amide bonds. The first-order valence-electron chi connectivity index (χ1n) is 8.24. The Morgan fingerprint density at radius 1 is 1.12 bits per heavy atom. The molecule has 1 unspecified atom stereocenters. The number of amides is 2. The third-order valence-electron chi connectivity index (χ3n) is 3.63. The molecular formula is C19H22N2O5. The Bertz CT molecular complexity index is 768. The van der Waals surface area contributed by atoms with E-state index in [-0.39, 0.29) is 11.7 Å². The monoisotopic (exact) mass is 358 g/mol. The number of ether oxygens (including phenoxy) is 1. The number of rotatable bonds is 7. The number of esters is 1. The molecule has 2 rings (SSSR count). The number of carbonyl (C=O) groups excluding carboxylic acids is 3. The van der Waals surface area contributed by atoms with Gasteiger partial charge in [-0.05, 0) is 42.7 Å². The van der Waals surface area contributed by atoms with Gasteiger partial charge in [-0.3, -0.25) is 9.59 Å². The largest absolute Gasteiger partial charge is 0.467 e. The first-order chi connectivity index (χ1) is 12.4. The average Bonchev–Trinajstić information content (AvgIpc) is 3.15. The maximum absolute atomic E-state index is 12.5. The van der Waals surface area contributed by atoms with Gasteiger partial charge in [0.05, 0.1) is 13.4 Å². The fourth-order valence-corrected chi connectivity index (χ4v) is 2.41. The molecule has 138 valence electrons. The molecule has 0 radical (unpaired) electrons. The Balaban J connectivity index is 2.09. The number of hydrogen-bond acceptors (Lipinski definition) is 5. The van der Waals surface area contributed by atoms with Crippen molar-refractivity contribution in [3.05, 3.63) is 54.0 Å². The second-order valence-corrected chi connectivity index (χ2v) is 6.19. The first-order valence-corrected chi connectivity index (χ1v) is 8.24. The summed E-state index contributed by atoms with van der Waals surface area (Å²) in [6.07, 6.45) is 1.87. The quantitative estimate of drug-likeness (QED) is 0.742. The Hall–Kier alpha value is -3.09. The number of furan rings is 1. The molecule has 7 heteroatoms. The van der Waals surface area contributed by atoms with Crippen LogP contribution in [0.2, 0.25) is 0 Å². The van der Waals surface area contributed by atoms with Crippen LogP contribution in [-0.4, -0.2) is 30.9 Å². The average molecular weight is 358 g/mol. The van der Waals surface area contributed by atoms with Gasteiger partial charge in [-0.2, -0.15) is 0 Å². The lowest BCUT2D eigenvalue weighted by Crippen LogP contribution is -2.42. The minimum atomic E-state index is -0.728. The summed E-state index contributed by atoms with van der Waals surface area (Å²) in [7, 11) is 1.28. The van der Waals surface area contributed by atoms with E-state index in [1.54, 1.807) is 30.3 Å². The van der Waals surface area contributed by atoms with E-state index in [1.807, 2.05) is 13.8 Å². The smallest absolute Gasteiger partial charge is 0.328 e. The number of methoxy groups -OCH3 is 1. The van der Waals surface area contributed by atoms with Crippen LogP contribution in [0.5, 0.6) is 0 Å². The minimum Gasteiger partial charge on any atom is -0.467 e. The van der Waals surface area contributed by atoms with Crippen LogP contribution in [0.4, 0.5) is 5.69 Å². The molecule has 2 N–H and O–H groups in total. The lowest BCUT2D eigenvalue weighted by molar-refractivity contribution is -0.143. The fourth-order valence-electron chi connectivity index (χ4n) is 2.41. The maximum Gasteiger partial charge on any atom is 0.328 e. The summed E-state index contributed by atoms with van der Waals surface area (Å²) < 4.78 is 9.78. The Kier molecular flexibility index (Phi) is 6.54. The van der Waals surface area contributed by atoms with Gasteiger partial charge in [-0.15, -0.1) is 0 Å². The van der Waals surface area contributed by atoms with Crippen LogP contribution >= 0.6 is 0 Å². The second kappa shape index (κ2) is 8.84. The molecule has 26 heavy (non-hydrogen) atoms. The molecule has 0 saturated heterocycles. The van der Waals surface area contributed by atoms with Gasteiger partial charge in [0.25, 0.3) is 11.8 Å². The van der Waals surface area contributed by atoms with E-state index < -0.39 is 23.8 Å². The number of nitrogens with one attached hydrogen (secondary N) is 2. The van der Waals surface area contributed by atoms with Crippen molar-refractivity contribution in [1.82, 2.24) is 5.32 Å². The van der Waals surface area contributed by atoms with Crippen molar-refractivity contribution in [2.45, 2.75) is 26.3 Å². The van der Waals surface area contributed by atoms with Crippen molar-refractivity contribution in [2.24, 2.45) is 5.92 Å². The summed E-state index contributed by atoms with van der Waals surface area (Å²) in [6.45, 7) is 3.90. The van der Waals surface area contributed by atoms with Crippen LogP contribution in [0.25, 0.3) is 0 Å². The van der Waals surface area contributed by atoms with Gasteiger partial charge in [0, 0.05) is 11.3 Å². The van der Waals surface area contributed by atoms with Gasteiger partial charge in [0.1, 0.15) is 6.04 Å². The summed E-state index contributed by atoms with van der Waals surface area (Å²) in [6, 6.07) is 8.85. The third kappa shape index (κ3) is 5.20. The van der Waals surface area contributed by atoms with E-state index >= 15 is 0 Å². The van der Waals surface area contributed by atoms with Crippen molar-refractivity contribution in [3.63, 3.8) is 0 Å². The van der Waals surface area contributed by atoms with E-state index in [2.05, 4.69) is 10.6 Å². The molecule has 0 spiro atoms. The Labute approximate surface area is 151 Å². The molecular weight excluding hydrogens is 336 g/mol. The van der Waals surface area contributed by atoms with Crippen LogP contribution in [0, 0.1) is 5.92 Å². The van der Waals surface area contributed by atoms with Crippen molar-refractivity contribution < 1.29 is 23.5 Å². The Morgan fingerprint density at radius 2 is 1.88 bits per heavy atom. The molecule has 0 aliphatic heterocycles. The van der Waals surface area contributed by atoms with Gasteiger partial charge in [-0.1, -0.05) is 19.9 Å². The highest BCUT2D eigenvalue weighted by atomic mass is 16.5. The molecule has 1 atom stereocenters. The number of carbonyl (C=O) groups is 3. The minimum absolute atomic E-state index is 0.169. The first kappa shape index (κ1) is 19.2. The predicted octanol–water partition coefficient (Wildman–Crippen LogP) is 2.85. The standard InChI is InChI=1S/C19H22N2O5/c1-12(2)10-15(19(24)25-3)21-17(22)13-6-4-7-14(11-13)20-18(23)16-8-5-9-26-16/h4-9,11-12,15H,10H2,1-3H3,(H,20,23)(H,21,22). The number of anilines is 1. The summed E-state index contributed by atoms with van der Waals surface area (Å²) >= 11 is 0. The number of hydrogen-bond donors (Lipinski definition) is 2. The summed E-state index contributed by atoms with van der Waals surface area (Å²) in [5.41, 5.74) is 0.762. The highest BCUT2D eigenvalue weighted by Crippen LogP contribution is 2.14. The molecule has 0 aliphatic rings. The molecule has 1 heterocycles. The fraction of sp³-hybridized carbons (Fsp3) is 0.316. The van der Waals surface area contributed by atoms with Gasteiger partial charge in [-0.25, -0.2) is 4.79 Å². The Morgan fingerprint density at radius 3 is 2.50 bits per heavy atom. The zero-order valence-electron chi connectivity index (χ0n) is 14.9. The summed E-state index contributed by atoms with van der Waals surface area (Å²) in [5.74, 6) is -0.954. The van der Waals surface area contributed by atoms with Crippen molar-refractivity contribution >= 4 is 23.5 Å². The van der Waals surface area contributed by atoms with Gasteiger partial charge < -0.3 is 19.8 Å². The second-order valence-electron chi connectivity index (χ2n) is 6.19. The van der Waals surface area contributed by atoms with Crippen LogP contribution in [0.15, 0.2) is 47.1 Å². The summed E-state index contributed by atoms with van der Waals surface area (Å²) in [4.78, 5) is 36.3. The third-order valence-corrected chi connectivity index (χ3v) is 3.63. The van der Waals surface area contributed by atoms with E-state index in [9.17, 15) is 14.4 Å². The van der Waals surface area contributed by atoms with Gasteiger partial charge in [0.15, 0.2) is 5.76 Å². The number of benzene rings is 1. The van der Waals surface area contributed by atoms with Gasteiger partial charge >= 0.3 is 5.97 Å². The lowest BCUT2D eigenvalue weighted by Gasteiger charge is -2.18. The molecule has 7 nitrogen and oxygen atoms in total. The summed E-state index contributed by atoms with van der Waals surface area (Å²) in [5, 5.41) is 5.33. The van der Waals surface area contributed by atoms with Crippen LogP contribution in [0.3, 0.4) is 0 Å². The molecule has 1 aromatic heterocycles. The van der Waals surface area contributed by atoms with E-state index in [0.29, 0.717) is 17.7 Å². The van der Waals surface area contributed by atoms with Gasteiger partial charge in [0.2, 0.25) is 0 Å². The van der Waals surface area contributed by atoms with Crippen LogP contribution in [0.1, 0.15) is 41.2 Å². The molecule has 0 bridgehead atoms. The molecule has 0 fully saturated rings. The molecule has 0 saturated carbocycles. The molecule has 2 aromatic rings. The van der Waals surface area contributed by atoms with E-state index in [0.717, 1.165) is 0 Å². The van der Waals surface area contributed by atoms with E-state index in [4.69, 9.17) is 9.15 Å². The van der Waals surface area contributed by atoms with Crippen LogP contribution < -0.4 is 10.6 Å². The van der Waals surface area contributed by atoms with Crippen molar-refractivity contribution in [2.75, 3.05) is 12.4 Å². The topological polar surface area (TPSA) is 97.6 Å². The highest BCUT2D eigenvalue weighted by molar-refractivity contribution is 6.03.